The van der Waals surface area contributed by atoms with Gasteiger partial charge in [0.15, 0.2) is 0 Å². The molecular formula is C36H53N3O7. The summed E-state index contributed by atoms with van der Waals surface area (Å²) in [6, 6.07) is 11.4. The molecule has 0 saturated heterocycles. The van der Waals surface area contributed by atoms with Crippen LogP contribution in [0.5, 0.6) is 5.75 Å². The van der Waals surface area contributed by atoms with Crippen LogP contribution in [0.4, 0.5) is 4.79 Å². The Labute approximate surface area is 274 Å². The number of carbonyl (C=O) groups excluding carboxylic acids is 4. The Kier molecular flexibility index (Phi) is 15.0. The highest BCUT2D eigenvalue weighted by molar-refractivity contribution is 5.92. The van der Waals surface area contributed by atoms with Gasteiger partial charge in [-0.2, -0.15) is 0 Å². The number of alkyl carbamates (subject to hydrolysis) is 1. The number of phenols is 1. The summed E-state index contributed by atoms with van der Waals surface area (Å²) in [5.74, 6) is -0.904. The first-order valence-electron chi connectivity index (χ1n) is 16.3. The first-order valence-corrected chi connectivity index (χ1v) is 16.3. The molecule has 2 rings (SSSR count). The van der Waals surface area contributed by atoms with Crippen LogP contribution in [0.25, 0.3) is 0 Å². The number of nitrogens with one attached hydrogen (secondary N) is 2. The maximum absolute atomic E-state index is 14.8. The molecule has 3 N–H and O–H groups in total. The Bertz CT molecular complexity index is 1270. The maximum Gasteiger partial charge on any atom is 0.408 e. The molecule has 0 bridgehead atoms. The highest BCUT2D eigenvalue weighted by Crippen LogP contribution is 2.29. The molecule has 10 heteroatoms. The van der Waals surface area contributed by atoms with Gasteiger partial charge in [0.1, 0.15) is 23.4 Å². The van der Waals surface area contributed by atoms with Crippen LogP contribution in [0.3, 0.4) is 0 Å². The van der Waals surface area contributed by atoms with Crippen molar-refractivity contribution in [3.8, 4) is 5.75 Å². The number of phenolic OH excluding ortho intramolecular Hbond substituents is 1. The number of esters is 1. The Morgan fingerprint density at radius 1 is 0.891 bits per heavy atom. The fraction of sp³-hybridized carbons (Fsp3) is 0.556. The second-order valence-electron chi connectivity index (χ2n) is 13.0. The number of hydrogen-bond acceptors (Lipinski definition) is 7. The predicted octanol–water partition coefficient (Wildman–Crippen LogP) is 5.85. The number of carbonyl (C=O) groups is 4. The van der Waals surface area contributed by atoms with Crippen molar-refractivity contribution in [2.75, 3.05) is 13.2 Å². The predicted molar refractivity (Wildman–Crippen MR) is 178 cm³/mol. The largest absolute Gasteiger partial charge is 0.508 e. The molecule has 0 aromatic heterocycles. The lowest BCUT2D eigenvalue weighted by atomic mass is 9.95. The summed E-state index contributed by atoms with van der Waals surface area (Å²) in [6.45, 7) is 15.3. The van der Waals surface area contributed by atoms with E-state index in [1.807, 2.05) is 38.1 Å². The van der Waals surface area contributed by atoms with E-state index in [0.717, 1.165) is 18.4 Å². The molecule has 10 nitrogen and oxygen atoms in total. The van der Waals surface area contributed by atoms with Crippen LogP contribution in [0, 0.1) is 5.92 Å². The van der Waals surface area contributed by atoms with Gasteiger partial charge in [0.25, 0.3) is 0 Å². The highest BCUT2D eigenvalue weighted by atomic mass is 16.6. The van der Waals surface area contributed by atoms with Crippen molar-refractivity contribution in [3.63, 3.8) is 0 Å². The Morgan fingerprint density at radius 3 is 2.04 bits per heavy atom. The number of ether oxygens (including phenoxy) is 2. The number of aromatic hydroxyl groups is 1. The molecule has 0 aliphatic carbocycles. The van der Waals surface area contributed by atoms with Gasteiger partial charge in [0.2, 0.25) is 11.8 Å². The summed E-state index contributed by atoms with van der Waals surface area (Å²) in [6.07, 6.45) is 1.54. The third-order valence-electron chi connectivity index (χ3n) is 7.42. The molecule has 0 heterocycles. The topological polar surface area (TPSA) is 134 Å². The lowest BCUT2D eigenvalue weighted by Gasteiger charge is -2.39. The molecular weight excluding hydrogens is 586 g/mol. The fourth-order valence-electron chi connectivity index (χ4n) is 5.00. The third kappa shape index (κ3) is 12.7. The van der Waals surface area contributed by atoms with Crippen LogP contribution in [-0.2, 0) is 36.7 Å². The van der Waals surface area contributed by atoms with Crippen LogP contribution in [0.15, 0.2) is 48.5 Å². The zero-order valence-electron chi connectivity index (χ0n) is 28.7. The summed E-state index contributed by atoms with van der Waals surface area (Å²) in [5.41, 5.74) is 1.58. The summed E-state index contributed by atoms with van der Waals surface area (Å²) in [7, 11) is 0. The lowest BCUT2D eigenvalue weighted by Crippen LogP contribution is -2.56. The van der Waals surface area contributed by atoms with E-state index in [1.165, 1.54) is 12.1 Å². The van der Waals surface area contributed by atoms with Gasteiger partial charge in [-0.1, -0.05) is 57.2 Å². The minimum absolute atomic E-state index is 0.0123. The van der Waals surface area contributed by atoms with Crippen LogP contribution in [-0.4, -0.2) is 64.7 Å². The summed E-state index contributed by atoms with van der Waals surface area (Å²) < 4.78 is 10.5. The molecule has 0 saturated carbocycles. The standard InChI is InChI=1S/C36H53N3O7/c1-9-26-13-17-28(18-14-26)32(33(42)37-22-21-31(41)45-10-2)39(25(5)12-11-24(3)4)34(43)30(38-35(44)46-36(6,7)8)23-27-15-19-29(40)20-16-27/h13-20,24-25,30,32,40H,9-12,21-23H2,1-8H3,(H,37,42)(H,38,44). The summed E-state index contributed by atoms with van der Waals surface area (Å²) >= 11 is 0. The van der Waals surface area contributed by atoms with Gasteiger partial charge in [0.05, 0.1) is 13.0 Å². The normalized spacial score (nSPS) is 13.3. The number of nitrogens with zero attached hydrogens (tertiary/aromatic N) is 1. The van der Waals surface area contributed by atoms with Gasteiger partial charge in [-0.05, 0) is 88.6 Å². The maximum atomic E-state index is 14.8. The SMILES string of the molecule is CCOC(=O)CCNC(=O)C(c1ccc(CC)cc1)N(C(=O)C(Cc1ccc(O)cc1)NC(=O)OC(C)(C)C)C(C)CCC(C)C. The zero-order chi connectivity index (χ0) is 34.4. The van der Waals surface area contributed by atoms with Gasteiger partial charge < -0.3 is 30.1 Å². The van der Waals surface area contributed by atoms with Crippen molar-refractivity contribution < 1.29 is 33.8 Å². The average molecular weight is 640 g/mol. The molecule has 3 atom stereocenters. The third-order valence-corrected chi connectivity index (χ3v) is 7.42. The number of benzene rings is 2. The highest BCUT2D eigenvalue weighted by Gasteiger charge is 2.39. The van der Waals surface area contributed by atoms with E-state index in [0.29, 0.717) is 23.5 Å². The fourth-order valence-corrected chi connectivity index (χ4v) is 5.00. The molecule has 0 aliphatic rings. The van der Waals surface area contributed by atoms with Crippen molar-refractivity contribution in [3.05, 3.63) is 65.2 Å². The van der Waals surface area contributed by atoms with Crippen molar-refractivity contribution in [2.45, 2.75) is 111 Å². The molecule has 254 valence electrons. The number of hydrogen-bond donors (Lipinski definition) is 3. The molecule has 0 aliphatic heterocycles. The Hall–Kier alpha value is -4.08. The first kappa shape index (κ1) is 38.1. The van der Waals surface area contributed by atoms with Crippen LogP contribution in [0.2, 0.25) is 0 Å². The first-order chi connectivity index (χ1) is 21.6. The summed E-state index contributed by atoms with van der Waals surface area (Å²) in [5, 5.41) is 15.4. The van der Waals surface area contributed by atoms with Gasteiger partial charge in [-0.15, -0.1) is 0 Å². The second kappa shape index (κ2) is 18.2. The van der Waals surface area contributed by atoms with Gasteiger partial charge >= 0.3 is 12.1 Å². The molecule has 46 heavy (non-hydrogen) atoms. The summed E-state index contributed by atoms with van der Waals surface area (Å²) in [4.78, 5) is 55.5. The molecule has 0 fully saturated rings. The minimum Gasteiger partial charge on any atom is -0.508 e. The van der Waals surface area contributed by atoms with Crippen molar-refractivity contribution in [2.24, 2.45) is 5.92 Å². The minimum atomic E-state index is -1.09. The van der Waals surface area contributed by atoms with Crippen LogP contribution in [0.1, 0.15) is 97.4 Å². The van der Waals surface area contributed by atoms with Gasteiger partial charge in [-0.3, -0.25) is 14.4 Å². The smallest absolute Gasteiger partial charge is 0.408 e. The van der Waals surface area contributed by atoms with E-state index in [4.69, 9.17) is 9.47 Å². The molecule has 3 unspecified atom stereocenters. The monoisotopic (exact) mass is 639 g/mol. The molecule has 3 amide bonds. The van der Waals surface area contributed by atoms with E-state index in [-0.39, 0.29) is 31.7 Å². The van der Waals surface area contributed by atoms with E-state index in [1.54, 1.807) is 44.7 Å². The van der Waals surface area contributed by atoms with Gasteiger partial charge in [-0.25, -0.2) is 4.79 Å². The molecule has 2 aromatic carbocycles. The quantitative estimate of drug-likeness (QED) is 0.196. The second-order valence-corrected chi connectivity index (χ2v) is 13.0. The van der Waals surface area contributed by atoms with Crippen LogP contribution >= 0.6 is 0 Å². The van der Waals surface area contributed by atoms with Crippen LogP contribution < -0.4 is 10.6 Å². The lowest BCUT2D eigenvalue weighted by molar-refractivity contribution is -0.146. The zero-order valence-corrected chi connectivity index (χ0v) is 28.7. The molecule has 0 radical (unpaired) electrons. The Morgan fingerprint density at radius 2 is 1.50 bits per heavy atom. The number of amides is 3. The Balaban J connectivity index is 2.62. The number of rotatable bonds is 16. The number of aryl methyl sites for hydroxylation is 1. The van der Waals surface area contributed by atoms with Crippen molar-refractivity contribution >= 4 is 23.9 Å². The van der Waals surface area contributed by atoms with E-state index < -0.39 is 47.6 Å². The van der Waals surface area contributed by atoms with E-state index >= 15 is 0 Å². The van der Waals surface area contributed by atoms with Crippen molar-refractivity contribution in [1.82, 2.24) is 15.5 Å². The molecule has 0 spiro atoms. The molecule has 2 aromatic rings. The van der Waals surface area contributed by atoms with Gasteiger partial charge in [0, 0.05) is 19.0 Å². The van der Waals surface area contributed by atoms with Crippen molar-refractivity contribution in [1.29, 1.82) is 0 Å². The average Bonchev–Trinajstić information content (AvgIpc) is 2.98. The van der Waals surface area contributed by atoms with E-state index in [2.05, 4.69) is 24.5 Å². The van der Waals surface area contributed by atoms with E-state index in [9.17, 15) is 24.3 Å².